The molecule has 1 aliphatic heterocycles. The van der Waals surface area contributed by atoms with Crippen LogP contribution < -0.4 is 21.7 Å². The van der Waals surface area contributed by atoms with E-state index in [1.807, 2.05) is 41.5 Å². The van der Waals surface area contributed by atoms with Gasteiger partial charge >= 0.3 is 6.03 Å². The van der Waals surface area contributed by atoms with Crippen molar-refractivity contribution in [2.24, 2.45) is 38.7 Å². The first-order valence-corrected chi connectivity index (χ1v) is 19.8. The Morgan fingerprint density at radius 2 is 1.47 bits per heavy atom. The SMILES string of the molecule is CN(C)S(=O)(=O)N(C)C[C@@H](NC(=O)N[C@H](C(=O)N1CC2(C[C@H]1C(=O)NC(CC1CCC1)C(=O)C(N)=O)C(C)(C)C21CCC1)C(C)(C)C)C(C)(C)C. The van der Waals surface area contributed by atoms with Crippen molar-refractivity contribution in [1.29, 1.82) is 0 Å². The van der Waals surface area contributed by atoms with Crippen molar-refractivity contribution in [2.45, 2.75) is 131 Å². The first-order chi connectivity index (χ1) is 23.2. The van der Waals surface area contributed by atoms with Crippen LogP contribution in [-0.2, 0) is 29.4 Å². The predicted octanol–water partition coefficient (Wildman–Crippen LogP) is 2.38. The highest BCUT2D eigenvalue weighted by molar-refractivity contribution is 7.86. The number of amides is 5. The van der Waals surface area contributed by atoms with Crippen molar-refractivity contribution < 1.29 is 32.4 Å². The van der Waals surface area contributed by atoms with Gasteiger partial charge in [-0.25, -0.2) is 4.79 Å². The largest absolute Gasteiger partial charge is 0.363 e. The molecule has 0 aromatic heterocycles. The average molecular weight is 738 g/mol. The zero-order valence-electron chi connectivity index (χ0n) is 32.6. The molecular weight excluding hydrogens is 675 g/mol. The number of primary amides is 1. The molecule has 2 spiro atoms. The number of rotatable bonds is 13. The number of carbonyl (C=O) groups is 5. The summed E-state index contributed by atoms with van der Waals surface area (Å²) in [6.45, 7) is 15.9. The Kier molecular flexibility index (Phi) is 11.2. The molecule has 1 saturated heterocycles. The minimum absolute atomic E-state index is 0.00280. The molecule has 3 aliphatic carbocycles. The fraction of sp³-hybridized carbons (Fsp3) is 0.861. The summed E-state index contributed by atoms with van der Waals surface area (Å²) in [7, 11) is 0.576. The van der Waals surface area contributed by atoms with Crippen LogP contribution in [0.15, 0.2) is 0 Å². The number of carbonyl (C=O) groups excluding carboxylic acids is 5. The van der Waals surface area contributed by atoms with Gasteiger partial charge in [0.05, 0.1) is 6.04 Å². The molecule has 5 atom stereocenters. The summed E-state index contributed by atoms with van der Waals surface area (Å²) < 4.78 is 27.9. The Hall–Kier alpha value is -2.78. The zero-order chi connectivity index (χ0) is 38.7. The number of Topliss-reactive ketones (excluding diaryl/α,β-unsaturated/α-hetero) is 1. The van der Waals surface area contributed by atoms with Crippen molar-refractivity contribution in [3.8, 4) is 0 Å². The van der Waals surface area contributed by atoms with E-state index < -0.39 is 74.7 Å². The molecule has 4 aliphatic rings. The van der Waals surface area contributed by atoms with Crippen molar-refractivity contribution in [1.82, 2.24) is 29.5 Å². The zero-order valence-corrected chi connectivity index (χ0v) is 33.5. The minimum atomic E-state index is -3.75. The Balaban J connectivity index is 1.61. The van der Waals surface area contributed by atoms with Crippen LogP contribution in [-0.4, -0.2) is 110 Å². The van der Waals surface area contributed by atoms with Crippen LogP contribution >= 0.6 is 0 Å². The van der Waals surface area contributed by atoms with Crippen molar-refractivity contribution in [3.05, 3.63) is 0 Å². The maximum absolute atomic E-state index is 14.8. The number of hydrogen-bond acceptors (Lipinski definition) is 7. The molecule has 51 heavy (non-hydrogen) atoms. The minimum Gasteiger partial charge on any atom is -0.363 e. The first-order valence-electron chi connectivity index (χ1n) is 18.4. The molecule has 3 saturated carbocycles. The maximum Gasteiger partial charge on any atom is 0.315 e. The van der Waals surface area contributed by atoms with Crippen LogP contribution in [0.3, 0.4) is 0 Å². The number of nitrogens with one attached hydrogen (secondary N) is 3. The van der Waals surface area contributed by atoms with Crippen molar-refractivity contribution in [3.63, 3.8) is 0 Å². The standard InChI is InChI=1S/C36H63N7O7S/c1-32(2,3)25(20-42(11)51(49,50)41(9)10)39-31(48)40-27(33(4,5)6)30(47)43-21-36(34(7,8)35(36)16-13-17-35)19-24(43)29(46)38-23(26(44)28(37)45)18-22-14-12-15-22/h22-25,27H,12-21H2,1-11H3,(H2,37,45)(H,38,46)(H2,39,40,48)/t23?,24-,25+,27+,36?/m0/s1. The van der Waals surface area contributed by atoms with Crippen LogP contribution in [0.25, 0.3) is 0 Å². The van der Waals surface area contributed by atoms with Gasteiger partial charge in [0.15, 0.2) is 0 Å². The summed E-state index contributed by atoms with van der Waals surface area (Å²) in [5.41, 5.74) is 3.64. The van der Waals surface area contributed by atoms with Crippen LogP contribution in [0, 0.1) is 33.0 Å². The molecule has 14 nitrogen and oxygen atoms in total. The summed E-state index contributed by atoms with van der Waals surface area (Å²) in [6.07, 6.45) is 6.68. The summed E-state index contributed by atoms with van der Waals surface area (Å²) in [6, 6.07) is -4.29. The predicted molar refractivity (Wildman–Crippen MR) is 194 cm³/mol. The second-order valence-electron chi connectivity index (χ2n) is 18.6. The molecule has 0 radical (unpaired) electrons. The number of likely N-dealkylation sites (N-methyl/N-ethyl adjacent to an activating group) is 1. The lowest BCUT2D eigenvalue weighted by molar-refractivity contribution is -0.143. The molecule has 1 heterocycles. The molecular formula is C36H63N7O7S. The highest BCUT2D eigenvalue weighted by atomic mass is 32.2. The van der Waals surface area contributed by atoms with E-state index in [-0.39, 0.29) is 28.7 Å². The lowest BCUT2D eigenvalue weighted by Crippen LogP contribution is -2.62. The smallest absolute Gasteiger partial charge is 0.315 e. The number of ketones is 1. The molecule has 4 fully saturated rings. The van der Waals surface area contributed by atoms with Crippen LogP contribution in [0.4, 0.5) is 4.79 Å². The van der Waals surface area contributed by atoms with Gasteiger partial charge in [0.2, 0.25) is 17.6 Å². The average Bonchev–Trinajstić information content (AvgIpc) is 3.18. The van der Waals surface area contributed by atoms with Gasteiger partial charge < -0.3 is 26.6 Å². The molecule has 15 heteroatoms. The van der Waals surface area contributed by atoms with E-state index in [1.165, 1.54) is 25.4 Å². The van der Waals surface area contributed by atoms with Gasteiger partial charge in [-0.15, -0.1) is 0 Å². The molecule has 2 unspecified atom stereocenters. The van der Waals surface area contributed by atoms with Gasteiger partial charge in [0, 0.05) is 45.7 Å². The monoisotopic (exact) mass is 737 g/mol. The lowest BCUT2D eigenvalue weighted by atomic mass is 9.73. The van der Waals surface area contributed by atoms with Crippen LogP contribution in [0.2, 0.25) is 0 Å². The molecule has 0 bridgehead atoms. The molecule has 5 N–H and O–H groups in total. The van der Waals surface area contributed by atoms with Gasteiger partial charge in [-0.1, -0.05) is 81.1 Å². The Labute approximate surface area is 304 Å². The second-order valence-corrected chi connectivity index (χ2v) is 20.8. The van der Waals surface area contributed by atoms with E-state index in [2.05, 4.69) is 29.8 Å². The number of urea groups is 1. The van der Waals surface area contributed by atoms with Gasteiger partial charge in [-0.05, 0) is 53.3 Å². The topological polar surface area (TPSA) is 191 Å². The van der Waals surface area contributed by atoms with E-state index >= 15 is 0 Å². The quantitative estimate of drug-likeness (QED) is 0.209. The number of nitrogens with zero attached hydrogens (tertiary/aromatic N) is 3. The van der Waals surface area contributed by atoms with Gasteiger partial charge in [0.25, 0.3) is 16.1 Å². The highest BCUT2D eigenvalue weighted by Crippen LogP contribution is 2.88. The van der Waals surface area contributed by atoms with Crippen molar-refractivity contribution >= 4 is 39.7 Å². The third-order valence-electron chi connectivity index (χ3n) is 13.1. The third kappa shape index (κ3) is 7.40. The number of fused-ring (bicyclic) bond motifs is 1. The lowest BCUT2D eigenvalue weighted by Gasteiger charge is -2.38. The maximum atomic E-state index is 14.8. The molecule has 0 aromatic carbocycles. The number of likely N-dealkylation sites (tertiary alicyclic amines) is 1. The summed E-state index contributed by atoms with van der Waals surface area (Å²) in [5.74, 6) is -2.64. The fourth-order valence-electron chi connectivity index (χ4n) is 9.11. The molecule has 0 aromatic rings. The molecule has 5 amide bonds. The Morgan fingerprint density at radius 1 is 0.882 bits per heavy atom. The second kappa shape index (κ2) is 13.9. The molecule has 4 rings (SSSR count). The number of hydrogen-bond donors (Lipinski definition) is 4. The Bertz CT molecular complexity index is 1510. The third-order valence-corrected chi connectivity index (χ3v) is 15.0. The van der Waals surface area contributed by atoms with Gasteiger partial charge in [-0.2, -0.15) is 17.0 Å². The van der Waals surface area contributed by atoms with E-state index in [1.54, 1.807) is 4.90 Å². The van der Waals surface area contributed by atoms with Gasteiger partial charge in [0.1, 0.15) is 12.1 Å². The van der Waals surface area contributed by atoms with E-state index in [0.717, 1.165) is 42.8 Å². The summed E-state index contributed by atoms with van der Waals surface area (Å²) in [5, 5.41) is 8.66. The molecule has 290 valence electrons. The van der Waals surface area contributed by atoms with E-state index in [9.17, 15) is 32.4 Å². The summed E-state index contributed by atoms with van der Waals surface area (Å²) >= 11 is 0. The highest BCUT2D eigenvalue weighted by Gasteiger charge is 2.85. The summed E-state index contributed by atoms with van der Waals surface area (Å²) in [4.78, 5) is 69.3. The fourth-order valence-corrected chi connectivity index (χ4v) is 10.0. The normalized spacial score (nSPS) is 25.9. The number of nitrogens with two attached hydrogens (primary N) is 1. The van der Waals surface area contributed by atoms with Gasteiger partial charge in [-0.3, -0.25) is 19.2 Å². The van der Waals surface area contributed by atoms with Crippen LogP contribution in [0.5, 0.6) is 0 Å². The Morgan fingerprint density at radius 3 is 1.88 bits per heavy atom. The van der Waals surface area contributed by atoms with E-state index in [4.69, 9.17) is 5.73 Å². The van der Waals surface area contributed by atoms with Crippen molar-refractivity contribution in [2.75, 3.05) is 34.2 Å². The van der Waals surface area contributed by atoms with Crippen LogP contribution in [0.1, 0.15) is 107 Å². The van der Waals surface area contributed by atoms with E-state index in [0.29, 0.717) is 19.4 Å². The first kappa shape index (κ1) is 41.0.